The molecular formula is C17H35NO4Si. The molecule has 1 N–H and O–H groups in total. The van der Waals surface area contributed by atoms with Gasteiger partial charge in [-0.15, -0.1) is 0 Å². The van der Waals surface area contributed by atoms with Crippen molar-refractivity contribution in [1.82, 2.24) is 4.90 Å². The maximum Gasteiger partial charge on any atom is 0.410 e. The van der Waals surface area contributed by atoms with Crippen molar-refractivity contribution in [3.8, 4) is 0 Å². The summed E-state index contributed by atoms with van der Waals surface area (Å²) in [5.74, 6) is 0. The third-order valence-corrected chi connectivity index (χ3v) is 9.29. The molecule has 1 aliphatic heterocycles. The van der Waals surface area contributed by atoms with Gasteiger partial charge in [0.15, 0.2) is 8.32 Å². The number of carbonyl (C=O) groups excluding carboxylic acids is 1. The van der Waals surface area contributed by atoms with E-state index in [1.165, 1.54) is 0 Å². The highest BCUT2D eigenvalue weighted by atomic mass is 28.4. The van der Waals surface area contributed by atoms with Crippen LogP contribution >= 0.6 is 0 Å². The first kappa shape index (κ1) is 20.5. The van der Waals surface area contributed by atoms with Crippen LogP contribution in [0.25, 0.3) is 0 Å². The minimum Gasteiger partial charge on any atom is -0.444 e. The Balaban J connectivity index is 2.88. The lowest BCUT2D eigenvalue weighted by Crippen LogP contribution is -2.58. The van der Waals surface area contributed by atoms with Gasteiger partial charge in [0, 0.05) is 6.54 Å². The van der Waals surface area contributed by atoms with Crippen molar-refractivity contribution >= 4 is 14.4 Å². The second kappa shape index (κ2) is 7.11. The van der Waals surface area contributed by atoms with E-state index in [9.17, 15) is 9.90 Å². The van der Waals surface area contributed by atoms with E-state index in [0.717, 1.165) is 12.8 Å². The van der Waals surface area contributed by atoms with Gasteiger partial charge in [-0.05, 0) is 51.7 Å². The molecule has 0 aromatic heterocycles. The second-order valence-corrected chi connectivity index (χ2v) is 13.7. The highest BCUT2D eigenvalue weighted by molar-refractivity contribution is 6.74. The number of rotatable bonds is 3. The molecule has 0 aromatic carbocycles. The monoisotopic (exact) mass is 345 g/mol. The smallest absolute Gasteiger partial charge is 0.410 e. The molecule has 1 heterocycles. The minimum atomic E-state index is -1.95. The van der Waals surface area contributed by atoms with E-state index in [4.69, 9.17) is 9.16 Å². The van der Waals surface area contributed by atoms with Gasteiger partial charge in [0.05, 0.1) is 18.8 Å². The molecule has 0 aromatic rings. The predicted octanol–water partition coefficient (Wildman–Crippen LogP) is 3.77. The standard InChI is InChI=1S/C17H35NO4Si/c1-16(2,3)21-15(20)18-11-9-10-14(13(18)12-19)22-23(7,8)17(4,5)6/h13-14,19H,9-12H2,1-8H3/t13-,14?/m1/s1. The predicted molar refractivity (Wildman–Crippen MR) is 95.1 cm³/mol. The van der Waals surface area contributed by atoms with Crippen molar-refractivity contribution in [2.24, 2.45) is 0 Å². The van der Waals surface area contributed by atoms with E-state index >= 15 is 0 Å². The molecule has 1 amide bonds. The lowest BCUT2D eigenvalue weighted by atomic mass is 10.00. The summed E-state index contributed by atoms with van der Waals surface area (Å²) in [5.41, 5.74) is -0.537. The summed E-state index contributed by atoms with van der Waals surface area (Å²) in [6.07, 6.45) is 1.26. The maximum absolute atomic E-state index is 12.4. The molecule has 1 aliphatic rings. The number of hydrogen-bond donors (Lipinski definition) is 1. The molecule has 0 bridgehead atoms. The van der Waals surface area contributed by atoms with Gasteiger partial charge >= 0.3 is 6.09 Å². The zero-order valence-corrected chi connectivity index (χ0v) is 17.1. The van der Waals surface area contributed by atoms with Crippen molar-refractivity contribution in [3.05, 3.63) is 0 Å². The lowest BCUT2D eigenvalue weighted by Gasteiger charge is -2.46. The zero-order valence-electron chi connectivity index (χ0n) is 16.1. The normalized spacial score (nSPS) is 23.8. The Kier molecular flexibility index (Phi) is 6.32. The highest BCUT2D eigenvalue weighted by Crippen LogP contribution is 2.39. The van der Waals surface area contributed by atoms with E-state index in [0.29, 0.717) is 6.54 Å². The Bertz CT molecular complexity index is 412. The van der Waals surface area contributed by atoms with Crippen molar-refractivity contribution in [2.75, 3.05) is 13.2 Å². The third kappa shape index (κ3) is 5.47. The second-order valence-electron chi connectivity index (χ2n) is 8.98. The van der Waals surface area contributed by atoms with Crippen LogP contribution in [0.15, 0.2) is 0 Å². The summed E-state index contributed by atoms with van der Waals surface area (Å²) in [6, 6.07) is -0.326. The van der Waals surface area contributed by atoms with Crippen LogP contribution in [-0.4, -0.2) is 55.3 Å². The molecule has 1 fully saturated rings. The van der Waals surface area contributed by atoms with Crippen LogP contribution < -0.4 is 0 Å². The minimum absolute atomic E-state index is 0.0984. The van der Waals surface area contributed by atoms with Gasteiger partial charge in [0.2, 0.25) is 0 Å². The van der Waals surface area contributed by atoms with Crippen molar-refractivity contribution < 1.29 is 19.1 Å². The van der Waals surface area contributed by atoms with Crippen molar-refractivity contribution in [2.45, 2.75) is 90.3 Å². The Morgan fingerprint density at radius 1 is 1.22 bits per heavy atom. The molecule has 0 radical (unpaired) electrons. The molecule has 2 atom stereocenters. The molecular weight excluding hydrogens is 310 g/mol. The molecule has 23 heavy (non-hydrogen) atoms. The number of carbonyl (C=O) groups is 1. The number of amides is 1. The van der Waals surface area contributed by atoms with Crippen LogP contribution in [0, 0.1) is 0 Å². The first-order valence-corrected chi connectivity index (χ1v) is 11.5. The molecule has 6 heteroatoms. The van der Waals surface area contributed by atoms with Crippen molar-refractivity contribution in [1.29, 1.82) is 0 Å². The van der Waals surface area contributed by atoms with Gasteiger partial charge in [-0.2, -0.15) is 0 Å². The fourth-order valence-electron chi connectivity index (χ4n) is 2.48. The first-order valence-electron chi connectivity index (χ1n) is 8.57. The summed E-state index contributed by atoms with van der Waals surface area (Å²) in [5, 5.41) is 9.96. The summed E-state index contributed by atoms with van der Waals surface area (Å²) < 4.78 is 12.0. The topological polar surface area (TPSA) is 59.0 Å². The van der Waals surface area contributed by atoms with Crippen LogP contribution in [0.1, 0.15) is 54.4 Å². The van der Waals surface area contributed by atoms with E-state index in [-0.39, 0.29) is 29.9 Å². The van der Waals surface area contributed by atoms with Crippen LogP contribution in [0.3, 0.4) is 0 Å². The van der Waals surface area contributed by atoms with Gasteiger partial charge < -0.3 is 19.2 Å². The lowest BCUT2D eigenvalue weighted by molar-refractivity contribution is -0.0332. The summed E-state index contributed by atoms with van der Waals surface area (Å²) in [6.45, 7) is 17.1. The maximum atomic E-state index is 12.4. The molecule has 0 aliphatic carbocycles. The quantitative estimate of drug-likeness (QED) is 0.791. The Hall–Kier alpha value is -0.593. The Morgan fingerprint density at radius 2 is 1.78 bits per heavy atom. The SMILES string of the molecule is CC(C)(C)OC(=O)N1CCCC(O[Si](C)(C)C(C)(C)C)[C@H]1CO. The van der Waals surface area contributed by atoms with E-state index in [2.05, 4.69) is 33.9 Å². The number of nitrogens with zero attached hydrogens (tertiary/aromatic N) is 1. The van der Waals surface area contributed by atoms with Crippen LogP contribution in [0.4, 0.5) is 4.79 Å². The van der Waals surface area contributed by atoms with E-state index in [1.54, 1.807) is 4.90 Å². The molecule has 0 saturated carbocycles. The highest BCUT2D eigenvalue weighted by Gasteiger charge is 2.44. The summed E-state index contributed by atoms with van der Waals surface area (Å²) >= 11 is 0. The molecule has 1 unspecified atom stereocenters. The summed E-state index contributed by atoms with van der Waals surface area (Å²) in [7, 11) is -1.95. The fraction of sp³-hybridized carbons (Fsp3) is 0.941. The largest absolute Gasteiger partial charge is 0.444 e. The number of hydrogen-bond acceptors (Lipinski definition) is 4. The summed E-state index contributed by atoms with van der Waals surface area (Å²) in [4.78, 5) is 14.1. The van der Waals surface area contributed by atoms with Crippen molar-refractivity contribution in [3.63, 3.8) is 0 Å². The number of aliphatic hydroxyl groups excluding tert-OH is 1. The van der Waals surface area contributed by atoms with Crippen LogP contribution in [0.2, 0.25) is 18.1 Å². The molecule has 1 saturated heterocycles. The van der Waals surface area contributed by atoms with Crippen LogP contribution in [-0.2, 0) is 9.16 Å². The average Bonchev–Trinajstić information content (AvgIpc) is 2.34. The first-order chi connectivity index (χ1) is 10.3. The van der Waals surface area contributed by atoms with E-state index in [1.807, 2.05) is 20.8 Å². The average molecular weight is 346 g/mol. The fourth-order valence-corrected chi connectivity index (χ4v) is 3.86. The number of likely N-dealkylation sites (tertiary alicyclic amines) is 1. The molecule has 1 rings (SSSR count). The zero-order chi connectivity index (χ0) is 18.1. The molecule has 0 spiro atoms. The van der Waals surface area contributed by atoms with Gasteiger partial charge in [0.25, 0.3) is 0 Å². The number of aliphatic hydroxyl groups is 1. The molecule has 136 valence electrons. The van der Waals surface area contributed by atoms with Gasteiger partial charge in [-0.3, -0.25) is 0 Å². The van der Waals surface area contributed by atoms with Gasteiger partial charge in [-0.25, -0.2) is 4.79 Å². The number of ether oxygens (including phenoxy) is 1. The Morgan fingerprint density at radius 3 is 2.22 bits per heavy atom. The Labute approximate surface area is 142 Å². The van der Waals surface area contributed by atoms with Gasteiger partial charge in [0.1, 0.15) is 5.60 Å². The number of piperidine rings is 1. The third-order valence-electron chi connectivity index (χ3n) is 4.78. The van der Waals surface area contributed by atoms with Gasteiger partial charge in [-0.1, -0.05) is 20.8 Å². The van der Waals surface area contributed by atoms with Crippen LogP contribution in [0.5, 0.6) is 0 Å². The molecule has 5 nitrogen and oxygen atoms in total. The van der Waals surface area contributed by atoms with E-state index < -0.39 is 13.9 Å².